The van der Waals surface area contributed by atoms with Gasteiger partial charge in [0.25, 0.3) is 5.91 Å². The Hall–Kier alpha value is -3.22. The molecule has 1 fully saturated rings. The molecule has 1 aliphatic rings. The van der Waals surface area contributed by atoms with Gasteiger partial charge < -0.3 is 19.5 Å². The minimum atomic E-state index is -3.88. The highest BCUT2D eigenvalue weighted by Gasteiger charge is 2.30. The zero-order valence-corrected chi connectivity index (χ0v) is 17.7. The summed E-state index contributed by atoms with van der Waals surface area (Å²) in [6.45, 7) is 0.984. The predicted molar refractivity (Wildman–Crippen MR) is 110 cm³/mol. The lowest BCUT2D eigenvalue weighted by atomic mass is 10.1. The number of sulfonamides is 1. The van der Waals surface area contributed by atoms with Gasteiger partial charge >= 0.3 is 5.69 Å². The Labute approximate surface area is 178 Å². The van der Waals surface area contributed by atoms with Gasteiger partial charge in [-0.15, -0.1) is 0 Å². The molecule has 0 atom stereocenters. The lowest BCUT2D eigenvalue weighted by Gasteiger charge is -2.26. The summed E-state index contributed by atoms with van der Waals surface area (Å²) in [5.41, 5.74) is -0.155. The molecule has 1 amide bonds. The highest BCUT2D eigenvalue weighted by molar-refractivity contribution is 7.89. The van der Waals surface area contributed by atoms with Crippen LogP contribution in [0.2, 0.25) is 0 Å². The van der Waals surface area contributed by atoms with Gasteiger partial charge in [-0.25, -0.2) is 8.42 Å². The molecule has 0 saturated carbocycles. The summed E-state index contributed by atoms with van der Waals surface area (Å²) in [6.07, 6.45) is 0. The van der Waals surface area contributed by atoms with Crippen molar-refractivity contribution in [1.29, 1.82) is 0 Å². The van der Waals surface area contributed by atoms with Crippen LogP contribution >= 0.6 is 0 Å². The maximum Gasteiger partial charge on any atom is 0.311 e. The van der Waals surface area contributed by atoms with Crippen LogP contribution in [0.3, 0.4) is 0 Å². The van der Waals surface area contributed by atoms with E-state index in [4.69, 9.17) is 14.2 Å². The Kier molecular flexibility index (Phi) is 6.73. The number of carbonyl (C=O) groups excluding carboxylic acids is 1. The maximum atomic E-state index is 13.1. The van der Waals surface area contributed by atoms with E-state index in [1.807, 2.05) is 0 Å². The Morgan fingerprint density at radius 2 is 1.74 bits per heavy atom. The molecule has 2 aromatic rings. The number of carbonyl (C=O) groups is 1. The molecule has 166 valence electrons. The van der Waals surface area contributed by atoms with E-state index in [2.05, 4.69) is 5.32 Å². The number of hydrogen-bond donors (Lipinski definition) is 1. The first-order chi connectivity index (χ1) is 14.8. The molecule has 2 aromatic carbocycles. The van der Waals surface area contributed by atoms with E-state index < -0.39 is 20.9 Å². The molecule has 0 spiro atoms. The zero-order chi connectivity index (χ0) is 22.6. The third-order valence-corrected chi connectivity index (χ3v) is 6.57. The van der Waals surface area contributed by atoms with Gasteiger partial charge in [0.05, 0.1) is 32.4 Å². The zero-order valence-electron chi connectivity index (χ0n) is 16.9. The number of nitro groups is 1. The second-order valence-corrected chi connectivity index (χ2v) is 8.39. The number of nitro benzene ring substituents is 1. The van der Waals surface area contributed by atoms with E-state index in [1.54, 1.807) is 0 Å². The lowest BCUT2D eigenvalue weighted by Crippen LogP contribution is -2.40. The minimum Gasteiger partial charge on any atom is -0.495 e. The number of amides is 1. The average molecular weight is 451 g/mol. The van der Waals surface area contributed by atoms with Crippen molar-refractivity contribution in [2.45, 2.75) is 4.90 Å². The van der Waals surface area contributed by atoms with Gasteiger partial charge in [0, 0.05) is 30.4 Å². The van der Waals surface area contributed by atoms with E-state index in [0.717, 1.165) is 6.07 Å². The van der Waals surface area contributed by atoms with Crippen molar-refractivity contribution >= 4 is 27.3 Å². The first kappa shape index (κ1) is 22.5. The highest BCUT2D eigenvalue weighted by Crippen LogP contribution is 2.31. The quantitative estimate of drug-likeness (QED) is 0.498. The number of hydrogen-bond acceptors (Lipinski definition) is 8. The van der Waals surface area contributed by atoms with Crippen LogP contribution in [0.15, 0.2) is 41.3 Å². The summed E-state index contributed by atoms with van der Waals surface area (Å²) >= 11 is 0. The van der Waals surface area contributed by atoms with Crippen molar-refractivity contribution < 1.29 is 32.3 Å². The van der Waals surface area contributed by atoms with Crippen molar-refractivity contribution in [3.8, 4) is 11.5 Å². The molecule has 0 unspecified atom stereocenters. The van der Waals surface area contributed by atoms with E-state index >= 15 is 0 Å². The molecule has 3 rings (SSSR count). The molecule has 1 saturated heterocycles. The van der Waals surface area contributed by atoms with Gasteiger partial charge in [-0.2, -0.15) is 4.31 Å². The second kappa shape index (κ2) is 9.29. The van der Waals surface area contributed by atoms with Crippen LogP contribution in [-0.2, 0) is 14.8 Å². The number of rotatable bonds is 7. The molecular formula is C19H21N3O8S. The third-order valence-electron chi connectivity index (χ3n) is 4.65. The molecule has 1 N–H and O–H groups in total. The van der Waals surface area contributed by atoms with E-state index in [9.17, 15) is 23.3 Å². The van der Waals surface area contributed by atoms with E-state index in [1.165, 1.54) is 48.9 Å². The summed E-state index contributed by atoms with van der Waals surface area (Å²) < 4.78 is 42.7. The minimum absolute atomic E-state index is 0.0147. The number of benzene rings is 2. The Morgan fingerprint density at radius 3 is 2.35 bits per heavy atom. The standard InChI is InChI=1S/C19H21N3O8S/c1-28-16-5-3-13(11-15(16)22(24)25)19(23)20-14-4-6-17(29-2)18(12-14)31(26,27)21-7-9-30-10-8-21/h3-6,11-12H,7-10H2,1-2H3,(H,20,23). The lowest BCUT2D eigenvalue weighted by molar-refractivity contribution is -0.385. The molecule has 0 aromatic heterocycles. The fraction of sp³-hybridized carbons (Fsp3) is 0.316. The molecule has 0 bridgehead atoms. The molecule has 0 radical (unpaired) electrons. The number of nitrogens with one attached hydrogen (secondary N) is 1. The van der Waals surface area contributed by atoms with Crippen LogP contribution in [-0.4, -0.2) is 64.1 Å². The van der Waals surface area contributed by atoms with Crippen molar-refractivity contribution in [2.24, 2.45) is 0 Å². The van der Waals surface area contributed by atoms with Crippen LogP contribution in [0.5, 0.6) is 11.5 Å². The number of anilines is 1. The van der Waals surface area contributed by atoms with Gasteiger partial charge in [-0.05, 0) is 30.3 Å². The Bertz CT molecular complexity index is 1100. The molecular weight excluding hydrogens is 430 g/mol. The van der Waals surface area contributed by atoms with Gasteiger partial charge in [-0.1, -0.05) is 0 Å². The topological polar surface area (TPSA) is 137 Å². The van der Waals surface area contributed by atoms with Crippen molar-refractivity contribution in [3.63, 3.8) is 0 Å². The summed E-state index contributed by atoms with van der Waals surface area (Å²) in [5.74, 6) is -0.500. The first-order valence-electron chi connectivity index (χ1n) is 9.17. The fourth-order valence-electron chi connectivity index (χ4n) is 3.06. The monoisotopic (exact) mass is 451 g/mol. The molecule has 1 heterocycles. The van der Waals surface area contributed by atoms with Crippen molar-refractivity contribution in [3.05, 3.63) is 52.1 Å². The van der Waals surface area contributed by atoms with E-state index in [-0.39, 0.29) is 59.6 Å². The van der Waals surface area contributed by atoms with Crippen LogP contribution in [0, 0.1) is 10.1 Å². The second-order valence-electron chi connectivity index (χ2n) is 6.48. The predicted octanol–water partition coefficient (Wildman–Crippen LogP) is 1.89. The van der Waals surface area contributed by atoms with Crippen LogP contribution in [0.4, 0.5) is 11.4 Å². The Morgan fingerprint density at radius 1 is 1.10 bits per heavy atom. The number of morpholine rings is 1. The molecule has 12 heteroatoms. The normalized spacial score (nSPS) is 14.6. The van der Waals surface area contributed by atoms with Gasteiger partial charge in [0.1, 0.15) is 10.6 Å². The van der Waals surface area contributed by atoms with Gasteiger partial charge in [-0.3, -0.25) is 14.9 Å². The molecule has 1 aliphatic heterocycles. The van der Waals surface area contributed by atoms with Crippen molar-refractivity contribution in [1.82, 2.24) is 4.31 Å². The smallest absolute Gasteiger partial charge is 0.311 e. The van der Waals surface area contributed by atoms with Crippen LogP contribution in [0.25, 0.3) is 0 Å². The van der Waals surface area contributed by atoms with Crippen LogP contribution < -0.4 is 14.8 Å². The molecule has 31 heavy (non-hydrogen) atoms. The average Bonchev–Trinajstić information content (AvgIpc) is 2.79. The first-order valence-corrected chi connectivity index (χ1v) is 10.6. The largest absolute Gasteiger partial charge is 0.495 e. The highest BCUT2D eigenvalue weighted by atomic mass is 32.2. The van der Waals surface area contributed by atoms with Crippen LogP contribution in [0.1, 0.15) is 10.4 Å². The van der Waals surface area contributed by atoms with Gasteiger partial charge in [0.2, 0.25) is 10.0 Å². The third kappa shape index (κ3) is 4.76. The summed E-state index contributed by atoms with van der Waals surface area (Å²) in [7, 11) is -1.25. The Balaban J connectivity index is 1.91. The molecule has 11 nitrogen and oxygen atoms in total. The summed E-state index contributed by atoms with van der Waals surface area (Å²) in [4.78, 5) is 23.1. The number of methoxy groups -OCH3 is 2. The fourth-order valence-corrected chi connectivity index (χ4v) is 4.65. The van der Waals surface area contributed by atoms with Crippen molar-refractivity contribution in [2.75, 3.05) is 45.8 Å². The molecule has 0 aliphatic carbocycles. The van der Waals surface area contributed by atoms with Gasteiger partial charge in [0.15, 0.2) is 5.75 Å². The SMILES string of the molecule is COc1ccc(C(=O)Nc2ccc(OC)c(S(=O)(=O)N3CCOCC3)c2)cc1[N+](=O)[O-]. The number of nitrogens with zero attached hydrogens (tertiary/aromatic N) is 2. The summed E-state index contributed by atoms with van der Waals surface area (Å²) in [6, 6.07) is 7.97. The summed E-state index contributed by atoms with van der Waals surface area (Å²) in [5, 5.41) is 13.8. The number of ether oxygens (including phenoxy) is 3. The maximum absolute atomic E-state index is 13.1. The van der Waals surface area contributed by atoms with E-state index in [0.29, 0.717) is 0 Å².